The van der Waals surface area contributed by atoms with Gasteiger partial charge in [-0.2, -0.15) is 0 Å². The highest BCUT2D eigenvalue weighted by atomic mass is 35.5. The van der Waals surface area contributed by atoms with Gasteiger partial charge in [0.05, 0.1) is 11.4 Å². The maximum atomic E-state index is 12.2. The van der Waals surface area contributed by atoms with Crippen molar-refractivity contribution in [3.05, 3.63) is 11.4 Å². The van der Waals surface area contributed by atoms with Gasteiger partial charge in [0.25, 0.3) is 0 Å². The summed E-state index contributed by atoms with van der Waals surface area (Å²) in [5, 5.41) is 6.66. The molecule has 0 aliphatic heterocycles. The van der Waals surface area contributed by atoms with Crippen molar-refractivity contribution < 1.29 is 8.42 Å². The molecule has 0 aliphatic rings. The Balaban J connectivity index is 5.21. The van der Waals surface area contributed by atoms with Crippen LogP contribution in [0.1, 0.15) is 13.8 Å². The number of hydrogen-bond acceptors (Lipinski definition) is 5. The number of nitrogens with two attached hydrogens (primary N) is 1. The second-order valence-corrected chi connectivity index (χ2v) is 6.80. The molecule has 0 aromatic carbocycles. The summed E-state index contributed by atoms with van der Waals surface area (Å²) < 4.78 is 25.1. The Morgan fingerprint density at radius 1 is 1.47 bits per heavy atom. The van der Waals surface area contributed by atoms with Gasteiger partial charge in [0.15, 0.2) is 0 Å². The molecular formula is C10H20ClN5O2S. The molecule has 9 heteroatoms. The van der Waals surface area contributed by atoms with E-state index in [4.69, 9.17) is 22.7 Å². The van der Waals surface area contributed by atoms with Crippen molar-refractivity contribution in [2.24, 2.45) is 10.7 Å². The minimum atomic E-state index is -3.72. The number of sulfonamides is 1. The van der Waals surface area contributed by atoms with Crippen LogP contribution >= 0.6 is 11.6 Å². The Hall–Kier alpha value is -1.28. The first-order valence-electron chi connectivity index (χ1n) is 5.43. The van der Waals surface area contributed by atoms with E-state index in [1.54, 1.807) is 18.9 Å². The first kappa shape index (κ1) is 17.7. The van der Waals surface area contributed by atoms with E-state index in [9.17, 15) is 8.42 Å². The van der Waals surface area contributed by atoms with E-state index in [2.05, 4.69) is 11.7 Å². The molecule has 0 aliphatic carbocycles. The average Bonchev–Trinajstić information content (AvgIpc) is 2.34. The smallest absolute Gasteiger partial charge is 0.241 e. The van der Waals surface area contributed by atoms with Gasteiger partial charge < -0.3 is 10.6 Å². The van der Waals surface area contributed by atoms with E-state index in [1.165, 1.54) is 20.2 Å². The maximum Gasteiger partial charge on any atom is 0.241 e. The summed E-state index contributed by atoms with van der Waals surface area (Å²) in [6.45, 7) is 6.51. The monoisotopic (exact) mass is 309 g/mol. The van der Waals surface area contributed by atoms with Crippen molar-refractivity contribution in [2.45, 2.75) is 25.1 Å². The molecule has 0 amide bonds. The normalized spacial score (nSPS) is 15.5. The fourth-order valence-electron chi connectivity index (χ4n) is 1.31. The van der Waals surface area contributed by atoms with Gasteiger partial charge >= 0.3 is 0 Å². The van der Waals surface area contributed by atoms with Crippen LogP contribution in [0.15, 0.2) is 16.3 Å². The van der Waals surface area contributed by atoms with Gasteiger partial charge in [0.1, 0.15) is 5.16 Å². The summed E-state index contributed by atoms with van der Waals surface area (Å²) in [5.41, 5.74) is 5.20. The second kappa shape index (κ2) is 6.76. The highest BCUT2D eigenvalue weighted by Gasteiger charge is 2.33. The van der Waals surface area contributed by atoms with E-state index in [0.717, 1.165) is 4.31 Å². The number of hydrogen-bond donors (Lipinski definition) is 2. The minimum Gasteiger partial charge on any atom is -0.369 e. The lowest BCUT2D eigenvalue weighted by atomic mass is 10.2. The van der Waals surface area contributed by atoms with Crippen LogP contribution in [0.25, 0.3) is 0 Å². The van der Waals surface area contributed by atoms with Gasteiger partial charge in [-0.1, -0.05) is 11.6 Å². The topological polar surface area (TPSA) is 103 Å². The van der Waals surface area contributed by atoms with Crippen molar-refractivity contribution in [1.82, 2.24) is 9.21 Å². The van der Waals surface area contributed by atoms with E-state index >= 15 is 0 Å². The molecule has 2 atom stereocenters. The molecule has 0 aromatic heterocycles. The molecule has 7 nitrogen and oxygen atoms in total. The fourth-order valence-corrected chi connectivity index (χ4v) is 2.99. The van der Waals surface area contributed by atoms with Crippen LogP contribution in [0.2, 0.25) is 0 Å². The molecule has 1 unspecified atom stereocenters. The van der Waals surface area contributed by atoms with E-state index < -0.39 is 27.3 Å². The minimum absolute atomic E-state index is 0.273. The average molecular weight is 310 g/mol. The maximum absolute atomic E-state index is 12.2. The number of guanidine groups is 1. The molecule has 0 heterocycles. The van der Waals surface area contributed by atoms with Crippen molar-refractivity contribution in [3.8, 4) is 0 Å². The van der Waals surface area contributed by atoms with Crippen LogP contribution in [-0.4, -0.2) is 55.7 Å². The molecule has 19 heavy (non-hydrogen) atoms. The van der Waals surface area contributed by atoms with Gasteiger partial charge in [-0.25, -0.2) is 12.7 Å². The quantitative estimate of drug-likeness (QED) is 0.426. The van der Waals surface area contributed by atoms with E-state index in [1.807, 2.05) is 0 Å². The lowest BCUT2D eigenvalue weighted by Gasteiger charge is -2.32. The first-order chi connectivity index (χ1) is 8.57. The van der Waals surface area contributed by atoms with Crippen molar-refractivity contribution in [2.75, 3.05) is 14.1 Å². The van der Waals surface area contributed by atoms with Gasteiger partial charge in [-0.3, -0.25) is 10.4 Å². The number of aliphatic imine (C=N–C) groups is 1. The Labute approximate surface area is 119 Å². The molecular weight excluding hydrogens is 290 g/mol. The Kier molecular flexibility index (Phi) is 6.31. The Morgan fingerprint density at radius 3 is 2.32 bits per heavy atom. The number of nitrogens with one attached hydrogen (secondary N) is 1. The molecule has 0 spiro atoms. The third-order valence-corrected chi connectivity index (χ3v) is 5.67. The lowest BCUT2D eigenvalue weighted by Crippen LogP contribution is -2.49. The highest BCUT2D eigenvalue weighted by Crippen LogP contribution is 2.19. The summed E-state index contributed by atoms with van der Waals surface area (Å²) >= 11 is 5.94. The zero-order chi connectivity index (χ0) is 15.4. The molecule has 0 saturated carbocycles. The molecule has 0 fully saturated rings. The standard InChI is InChI=1S/C10H20ClN5O2S/c1-7(15(4)9(11)6-14-3)8(2)19(17,18)16(5)10(12)13/h6-8H,3H2,1-2,4-5H3,(H3,12,13)/b9-6-/t7?,8-/m0/s1. The molecule has 0 rings (SSSR count). The third kappa shape index (κ3) is 4.10. The van der Waals surface area contributed by atoms with Crippen molar-refractivity contribution in [3.63, 3.8) is 0 Å². The molecule has 0 bridgehead atoms. The SMILES string of the molecule is C=N/C=C(/Cl)N(C)C(C)[C@H](C)S(=O)(=O)N(C)C(=N)N. The van der Waals surface area contributed by atoms with Crippen molar-refractivity contribution >= 4 is 34.3 Å². The number of halogens is 1. The number of rotatable bonds is 6. The van der Waals surface area contributed by atoms with E-state index in [-0.39, 0.29) is 5.16 Å². The van der Waals surface area contributed by atoms with Crippen molar-refractivity contribution in [1.29, 1.82) is 5.41 Å². The summed E-state index contributed by atoms with van der Waals surface area (Å²) in [4.78, 5) is 5.09. The van der Waals surface area contributed by atoms with Crippen LogP contribution in [0, 0.1) is 5.41 Å². The first-order valence-corrected chi connectivity index (χ1v) is 7.31. The third-order valence-electron chi connectivity index (χ3n) is 3.02. The van der Waals surface area contributed by atoms with Gasteiger partial charge in [0.2, 0.25) is 16.0 Å². The predicted molar refractivity (Wildman–Crippen MR) is 78.8 cm³/mol. The summed E-state index contributed by atoms with van der Waals surface area (Å²) in [5.74, 6) is -0.531. The fraction of sp³-hybridized carbons (Fsp3) is 0.600. The molecule has 110 valence electrons. The summed E-state index contributed by atoms with van der Waals surface area (Å²) in [6, 6.07) is -0.433. The molecule has 0 aromatic rings. The Bertz CT molecular complexity index is 476. The molecule has 0 radical (unpaired) electrons. The van der Waals surface area contributed by atoms with Crippen LogP contribution in [0.5, 0.6) is 0 Å². The van der Waals surface area contributed by atoms with Gasteiger partial charge in [-0.05, 0) is 20.6 Å². The summed E-state index contributed by atoms with van der Waals surface area (Å²) in [6.07, 6.45) is 1.33. The number of nitrogens with zero attached hydrogens (tertiary/aromatic N) is 3. The Morgan fingerprint density at radius 2 is 1.95 bits per heavy atom. The molecule has 3 N–H and O–H groups in total. The second-order valence-electron chi connectivity index (χ2n) is 4.09. The van der Waals surface area contributed by atoms with Gasteiger partial charge in [-0.15, -0.1) is 0 Å². The zero-order valence-electron chi connectivity index (χ0n) is 11.5. The van der Waals surface area contributed by atoms with Crippen LogP contribution in [-0.2, 0) is 10.0 Å². The zero-order valence-corrected chi connectivity index (χ0v) is 13.0. The lowest BCUT2D eigenvalue weighted by molar-refractivity contribution is 0.329. The van der Waals surface area contributed by atoms with Crippen LogP contribution in [0.4, 0.5) is 0 Å². The van der Waals surface area contributed by atoms with Crippen LogP contribution < -0.4 is 5.73 Å². The van der Waals surface area contributed by atoms with Crippen LogP contribution in [0.3, 0.4) is 0 Å². The summed E-state index contributed by atoms with van der Waals surface area (Å²) in [7, 11) is -0.834. The predicted octanol–water partition coefficient (Wildman–Crippen LogP) is 0.589. The van der Waals surface area contributed by atoms with Gasteiger partial charge in [0, 0.05) is 20.1 Å². The largest absolute Gasteiger partial charge is 0.369 e. The van der Waals surface area contributed by atoms with E-state index in [0.29, 0.717) is 0 Å². The molecule has 0 saturated heterocycles. The highest BCUT2D eigenvalue weighted by molar-refractivity contribution is 7.90.